The van der Waals surface area contributed by atoms with E-state index in [9.17, 15) is 4.79 Å². The standard InChI is InChI=1S/C19H20N6OS/c1-10(26)21-17-8-12-7-15(19-24-23-11(2)27-19)18(22-16(12)9-20-17)25-13-3-4-14(25)6-5-13/h7-9,13-14H,3-6H2,1-2H3,(H,20,21,26). The fourth-order valence-electron chi connectivity index (χ4n) is 4.33. The van der Waals surface area contributed by atoms with Gasteiger partial charge in [-0.1, -0.05) is 11.3 Å². The van der Waals surface area contributed by atoms with E-state index in [0.717, 1.165) is 32.3 Å². The van der Waals surface area contributed by atoms with Crippen LogP contribution >= 0.6 is 11.3 Å². The summed E-state index contributed by atoms with van der Waals surface area (Å²) in [6.07, 6.45) is 6.67. The summed E-state index contributed by atoms with van der Waals surface area (Å²) in [5.41, 5.74) is 1.85. The van der Waals surface area contributed by atoms with Crippen LogP contribution in [0.25, 0.3) is 21.5 Å². The van der Waals surface area contributed by atoms with E-state index in [2.05, 4.69) is 31.5 Å². The normalized spacial score (nSPS) is 21.2. The molecule has 2 fully saturated rings. The van der Waals surface area contributed by atoms with Gasteiger partial charge in [0.2, 0.25) is 5.91 Å². The number of rotatable bonds is 3. The van der Waals surface area contributed by atoms with Crippen molar-refractivity contribution in [1.82, 2.24) is 20.2 Å². The first kappa shape index (κ1) is 16.6. The van der Waals surface area contributed by atoms with E-state index in [1.54, 1.807) is 17.5 Å². The first-order valence-corrected chi connectivity index (χ1v) is 10.1. The highest BCUT2D eigenvalue weighted by Gasteiger charge is 2.41. The van der Waals surface area contributed by atoms with E-state index in [1.807, 2.05) is 13.0 Å². The number of amides is 1. The number of fused-ring (bicyclic) bond motifs is 3. The van der Waals surface area contributed by atoms with Gasteiger partial charge in [-0.15, -0.1) is 10.2 Å². The highest BCUT2D eigenvalue weighted by Crippen LogP contribution is 2.44. The van der Waals surface area contributed by atoms with Crippen molar-refractivity contribution in [2.45, 2.75) is 51.6 Å². The molecule has 1 N–H and O–H groups in total. The maximum absolute atomic E-state index is 11.4. The Bertz CT molecular complexity index is 1030. The van der Waals surface area contributed by atoms with Gasteiger partial charge in [0.05, 0.1) is 17.3 Å². The van der Waals surface area contributed by atoms with Crippen molar-refractivity contribution in [3.05, 3.63) is 23.3 Å². The molecule has 0 spiro atoms. The van der Waals surface area contributed by atoms with E-state index in [-0.39, 0.29) is 5.91 Å². The number of carbonyl (C=O) groups is 1. The summed E-state index contributed by atoms with van der Waals surface area (Å²) < 4.78 is 0. The Morgan fingerprint density at radius 1 is 1.19 bits per heavy atom. The van der Waals surface area contributed by atoms with Gasteiger partial charge in [0.1, 0.15) is 16.6 Å². The van der Waals surface area contributed by atoms with Crippen LogP contribution in [0.2, 0.25) is 0 Å². The van der Waals surface area contributed by atoms with Crippen LogP contribution in [-0.2, 0) is 4.79 Å². The molecule has 8 heteroatoms. The summed E-state index contributed by atoms with van der Waals surface area (Å²) in [7, 11) is 0. The van der Waals surface area contributed by atoms with Gasteiger partial charge in [0.15, 0.2) is 5.01 Å². The van der Waals surface area contributed by atoms with Gasteiger partial charge in [-0.05, 0) is 44.7 Å². The Labute approximate surface area is 160 Å². The second kappa shape index (κ2) is 6.23. The van der Waals surface area contributed by atoms with Crippen LogP contribution in [0.5, 0.6) is 0 Å². The lowest BCUT2D eigenvalue weighted by molar-refractivity contribution is -0.114. The second-order valence-corrected chi connectivity index (χ2v) is 8.48. The predicted molar refractivity (Wildman–Crippen MR) is 106 cm³/mol. The van der Waals surface area contributed by atoms with E-state index in [1.165, 1.54) is 32.6 Å². The van der Waals surface area contributed by atoms with Gasteiger partial charge in [-0.2, -0.15) is 0 Å². The molecule has 138 valence electrons. The van der Waals surface area contributed by atoms with Gasteiger partial charge in [0.25, 0.3) is 0 Å². The molecule has 27 heavy (non-hydrogen) atoms. The summed E-state index contributed by atoms with van der Waals surface area (Å²) in [5.74, 6) is 1.39. The smallest absolute Gasteiger partial charge is 0.222 e. The molecular weight excluding hydrogens is 360 g/mol. The molecule has 0 aliphatic carbocycles. The van der Waals surface area contributed by atoms with Crippen LogP contribution in [0.1, 0.15) is 37.6 Å². The average Bonchev–Trinajstić information content (AvgIpc) is 3.35. The number of nitrogens with zero attached hydrogens (tertiary/aromatic N) is 5. The quantitative estimate of drug-likeness (QED) is 0.748. The maximum Gasteiger partial charge on any atom is 0.222 e. The fraction of sp³-hybridized carbons (Fsp3) is 0.421. The van der Waals surface area contributed by atoms with Crippen molar-refractivity contribution < 1.29 is 4.79 Å². The summed E-state index contributed by atoms with van der Waals surface area (Å²) >= 11 is 1.59. The molecule has 1 amide bonds. The number of aryl methyl sites for hydroxylation is 1. The zero-order valence-corrected chi connectivity index (χ0v) is 16.1. The Balaban J connectivity index is 1.68. The topological polar surface area (TPSA) is 83.9 Å². The zero-order valence-electron chi connectivity index (χ0n) is 15.3. The second-order valence-electron chi connectivity index (χ2n) is 7.30. The van der Waals surface area contributed by atoms with Crippen molar-refractivity contribution >= 4 is 39.8 Å². The molecule has 0 unspecified atom stereocenters. The lowest BCUT2D eigenvalue weighted by Crippen LogP contribution is -2.29. The molecule has 3 aromatic rings. The number of nitrogens with one attached hydrogen (secondary N) is 1. The molecule has 0 radical (unpaired) electrons. The van der Waals surface area contributed by atoms with E-state index in [4.69, 9.17) is 4.98 Å². The van der Waals surface area contributed by atoms with Crippen molar-refractivity contribution in [2.75, 3.05) is 10.2 Å². The van der Waals surface area contributed by atoms with Crippen LogP contribution in [0, 0.1) is 6.92 Å². The van der Waals surface area contributed by atoms with Gasteiger partial charge < -0.3 is 10.2 Å². The van der Waals surface area contributed by atoms with E-state index in [0.29, 0.717) is 17.9 Å². The average molecular weight is 380 g/mol. The van der Waals surface area contributed by atoms with Gasteiger partial charge >= 0.3 is 0 Å². The van der Waals surface area contributed by atoms with Crippen LogP contribution in [0.15, 0.2) is 18.3 Å². The molecule has 3 aromatic heterocycles. The van der Waals surface area contributed by atoms with E-state index < -0.39 is 0 Å². The monoisotopic (exact) mass is 380 g/mol. The van der Waals surface area contributed by atoms with Crippen LogP contribution < -0.4 is 10.2 Å². The Kier molecular flexibility index (Phi) is 3.82. The van der Waals surface area contributed by atoms with Crippen molar-refractivity contribution in [3.63, 3.8) is 0 Å². The minimum absolute atomic E-state index is 0.139. The number of hydrogen-bond acceptors (Lipinski definition) is 7. The fourth-order valence-corrected chi connectivity index (χ4v) is 5.04. The Morgan fingerprint density at radius 2 is 1.93 bits per heavy atom. The highest BCUT2D eigenvalue weighted by molar-refractivity contribution is 7.14. The van der Waals surface area contributed by atoms with Crippen molar-refractivity contribution in [3.8, 4) is 10.6 Å². The first-order valence-electron chi connectivity index (χ1n) is 9.25. The minimum Gasteiger partial charge on any atom is -0.350 e. The molecule has 0 atom stereocenters. The van der Waals surface area contributed by atoms with Gasteiger partial charge in [0, 0.05) is 24.4 Å². The molecule has 2 aliphatic heterocycles. The van der Waals surface area contributed by atoms with Gasteiger partial charge in [-0.3, -0.25) is 4.79 Å². The third-order valence-corrected chi connectivity index (χ3v) is 6.31. The third-order valence-electron chi connectivity index (χ3n) is 5.44. The summed E-state index contributed by atoms with van der Waals surface area (Å²) in [5, 5.41) is 14.1. The summed E-state index contributed by atoms with van der Waals surface area (Å²) in [6.45, 7) is 3.44. The highest BCUT2D eigenvalue weighted by atomic mass is 32.1. The predicted octanol–water partition coefficient (Wildman–Crippen LogP) is 3.55. The van der Waals surface area contributed by atoms with Crippen molar-refractivity contribution in [2.24, 2.45) is 0 Å². The minimum atomic E-state index is -0.139. The van der Waals surface area contributed by atoms with Gasteiger partial charge in [-0.25, -0.2) is 9.97 Å². The molecule has 0 saturated carbocycles. The van der Waals surface area contributed by atoms with E-state index >= 15 is 0 Å². The maximum atomic E-state index is 11.4. The first-order chi connectivity index (χ1) is 13.1. The summed E-state index contributed by atoms with van der Waals surface area (Å²) in [6, 6.07) is 5.12. The molecular formula is C19H20N6OS. The van der Waals surface area contributed by atoms with Crippen molar-refractivity contribution in [1.29, 1.82) is 0 Å². The Morgan fingerprint density at radius 3 is 2.56 bits per heavy atom. The third kappa shape index (κ3) is 2.84. The molecule has 5 rings (SSSR count). The SMILES string of the molecule is CC(=O)Nc1cc2cc(-c3nnc(C)s3)c(N3C4CCC3CC4)nc2cn1. The number of aromatic nitrogens is 4. The largest absolute Gasteiger partial charge is 0.350 e. The zero-order chi connectivity index (χ0) is 18.5. The number of anilines is 2. The van der Waals surface area contributed by atoms with Crippen LogP contribution in [0.4, 0.5) is 11.6 Å². The summed E-state index contributed by atoms with van der Waals surface area (Å²) in [4.78, 5) is 23.2. The molecule has 2 bridgehead atoms. The molecule has 7 nitrogen and oxygen atoms in total. The molecule has 5 heterocycles. The number of hydrogen-bond donors (Lipinski definition) is 1. The molecule has 2 saturated heterocycles. The number of pyridine rings is 2. The lowest BCUT2D eigenvalue weighted by Gasteiger charge is -2.25. The molecule has 0 aromatic carbocycles. The Hall–Kier alpha value is -2.61. The number of carbonyl (C=O) groups excluding carboxylic acids is 1. The lowest BCUT2D eigenvalue weighted by atomic mass is 10.0. The van der Waals surface area contributed by atoms with Crippen LogP contribution in [0.3, 0.4) is 0 Å². The molecule has 2 aliphatic rings. The van der Waals surface area contributed by atoms with Crippen LogP contribution in [-0.4, -0.2) is 38.2 Å².